The van der Waals surface area contributed by atoms with Gasteiger partial charge in [-0.3, -0.25) is 4.79 Å². The molecule has 0 aliphatic rings. The number of nitrogens with zero attached hydrogens (tertiary/aromatic N) is 2. The van der Waals surface area contributed by atoms with Crippen molar-refractivity contribution in [3.05, 3.63) is 47.8 Å². The maximum Gasteiger partial charge on any atom is 0.257 e. The van der Waals surface area contributed by atoms with Crippen LogP contribution in [-0.2, 0) is 6.54 Å². The van der Waals surface area contributed by atoms with Crippen molar-refractivity contribution in [3.8, 4) is 11.8 Å². The van der Waals surface area contributed by atoms with Gasteiger partial charge >= 0.3 is 0 Å². The Balaban J connectivity index is 2.04. The van der Waals surface area contributed by atoms with Crippen molar-refractivity contribution in [1.29, 1.82) is 0 Å². The van der Waals surface area contributed by atoms with Gasteiger partial charge in [0.2, 0.25) is 11.8 Å². The third-order valence-corrected chi connectivity index (χ3v) is 2.76. The third kappa shape index (κ3) is 3.92. The Hall–Kier alpha value is -2.63. The maximum atomic E-state index is 12.2. The van der Waals surface area contributed by atoms with Crippen molar-refractivity contribution in [1.82, 2.24) is 15.3 Å². The van der Waals surface area contributed by atoms with Gasteiger partial charge in [-0.15, -0.1) is 0 Å². The van der Waals surface area contributed by atoms with Crippen LogP contribution in [0.4, 0.5) is 0 Å². The van der Waals surface area contributed by atoms with E-state index in [4.69, 9.17) is 9.47 Å². The molecule has 0 bridgehead atoms. The number of hydrogen-bond donors (Lipinski definition) is 1. The van der Waals surface area contributed by atoms with Gasteiger partial charge in [0, 0.05) is 25.0 Å². The Morgan fingerprint density at radius 1 is 1.29 bits per heavy atom. The Labute approximate surface area is 123 Å². The molecule has 2 heterocycles. The van der Waals surface area contributed by atoms with Gasteiger partial charge in [0.05, 0.1) is 13.7 Å². The van der Waals surface area contributed by atoms with Crippen LogP contribution in [0.2, 0.25) is 0 Å². The fourth-order valence-electron chi connectivity index (χ4n) is 1.76. The molecule has 2 rings (SSSR count). The molecule has 110 valence electrons. The first kappa shape index (κ1) is 14.8. The van der Waals surface area contributed by atoms with E-state index in [0.717, 1.165) is 5.56 Å². The number of nitrogens with one attached hydrogen (secondary N) is 1. The molecule has 2 aromatic heterocycles. The monoisotopic (exact) mass is 287 g/mol. The van der Waals surface area contributed by atoms with E-state index in [9.17, 15) is 4.79 Å². The highest BCUT2D eigenvalue weighted by molar-refractivity contribution is 5.96. The van der Waals surface area contributed by atoms with Crippen molar-refractivity contribution in [2.45, 2.75) is 13.5 Å². The van der Waals surface area contributed by atoms with Crippen LogP contribution in [0, 0.1) is 0 Å². The topological polar surface area (TPSA) is 73.3 Å². The first-order chi connectivity index (χ1) is 10.2. The molecule has 0 fully saturated rings. The Morgan fingerprint density at radius 2 is 2.14 bits per heavy atom. The molecule has 0 aliphatic heterocycles. The van der Waals surface area contributed by atoms with Gasteiger partial charge in [-0.2, -0.15) is 0 Å². The number of amides is 1. The molecule has 1 amide bonds. The second-order valence-electron chi connectivity index (χ2n) is 4.18. The quantitative estimate of drug-likeness (QED) is 0.877. The molecule has 0 saturated heterocycles. The number of hydrogen-bond acceptors (Lipinski definition) is 5. The molecule has 0 saturated carbocycles. The van der Waals surface area contributed by atoms with Crippen molar-refractivity contribution in [2.24, 2.45) is 0 Å². The van der Waals surface area contributed by atoms with Crippen molar-refractivity contribution >= 4 is 5.91 Å². The molecule has 2 aromatic rings. The predicted molar refractivity (Wildman–Crippen MR) is 77.4 cm³/mol. The zero-order chi connectivity index (χ0) is 15.1. The van der Waals surface area contributed by atoms with Crippen LogP contribution in [0.3, 0.4) is 0 Å². The van der Waals surface area contributed by atoms with Gasteiger partial charge in [0.25, 0.3) is 5.91 Å². The van der Waals surface area contributed by atoms with E-state index in [2.05, 4.69) is 15.3 Å². The zero-order valence-electron chi connectivity index (χ0n) is 12.0. The largest absolute Gasteiger partial charge is 0.481 e. The van der Waals surface area contributed by atoms with Crippen LogP contribution < -0.4 is 14.8 Å². The number of carbonyl (C=O) groups is 1. The number of rotatable bonds is 6. The second kappa shape index (κ2) is 7.23. The molecule has 6 nitrogen and oxygen atoms in total. The lowest BCUT2D eigenvalue weighted by Crippen LogP contribution is -2.23. The van der Waals surface area contributed by atoms with Crippen LogP contribution >= 0.6 is 0 Å². The first-order valence-corrected chi connectivity index (χ1v) is 6.59. The summed E-state index contributed by atoms with van der Waals surface area (Å²) in [4.78, 5) is 20.3. The predicted octanol–water partition coefficient (Wildman–Crippen LogP) is 1.81. The van der Waals surface area contributed by atoms with Gasteiger partial charge in [0.1, 0.15) is 5.56 Å². The fraction of sp³-hybridized carbons (Fsp3) is 0.267. The Morgan fingerprint density at radius 3 is 2.90 bits per heavy atom. The SMILES string of the molecule is CCOc1ncccc1C(=O)NCc1ccnc(OC)c1. The number of methoxy groups -OCH3 is 1. The van der Waals surface area contributed by atoms with Gasteiger partial charge < -0.3 is 14.8 Å². The Kier molecular flexibility index (Phi) is 5.09. The van der Waals surface area contributed by atoms with Crippen molar-refractivity contribution < 1.29 is 14.3 Å². The summed E-state index contributed by atoms with van der Waals surface area (Å²) in [5.41, 5.74) is 1.32. The highest BCUT2D eigenvalue weighted by Gasteiger charge is 2.12. The summed E-state index contributed by atoms with van der Waals surface area (Å²) in [6.45, 7) is 2.68. The summed E-state index contributed by atoms with van der Waals surface area (Å²) in [7, 11) is 1.55. The van der Waals surface area contributed by atoms with E-state index in [1.54, 1.807) is 37.7 Å². The second-order valence-corrected chi connectivity index (χ2v) is 4.18. The van der Waals surface area contributed by atoms with Crippen LogP contribution in [0.25, 0.3) is 0 Å². The lowest BCUT2D eigenvalue weighted by atomic mass is 10.2. The molecule has 0 radical (unpaired) electrons. The van der Waals surface area contributed by atoms with Gasteiger partial charge in [-0.05, 0) is 30.7 Å². The summed E-state index contributed by atoms with van der Waals surface area (Å²) in [6, 6.07) is 6.97. The van der Waals surface area contributed by atoms with Crippen molar-refractivity contribution in [2.75, 3.05) is 13.7 Å². The van der Waals surface area contributed by atoms with Crippen LogP contribution in [-0.4, -0.2) is 29.6 Å². The highest BCUT2D eigenvalue weighted by atomic mass is 16.5. The van der Waals surface area contributed by atoms with Gasteiger partial charge in [-0.25, -0.2) is 9.97 Å². The summed E-state index contributed by atoms with van der Waals surface area (Å²) in [6.07, 6.45) is 3.23. The lowest BCUT2D eigenvalue weighted by molar-refractivity contribution is 0.0946. The average molecular weight is 287 g/mol. The normalized spacial score (nSPS) is 10.0. The average Bonchev–Trinajstić information content (AvgIpc) is 2.53. The van der Waals surface area contributed by atoms with E-state index in [-0.39, 0.29) is 5.91 Å². The lowest BCUT2D eigenvalue weighted by Gasteiger charge is -2.09. The number of ether oxygens (including phenoxy) is 2. The molecular formula is C15H17N3O3. The minimum atomic E-state index is -0.234. The highest BCUT2D eigenvalue weighted by Crippen LogP contribution is 2.14. The zero-order valence-corrected chi connectivity index (χ0v) is 12.0. The summed E-state index contributed by atoms with van der Waals surface area (Å²) in [5.74, 6) is 0.616. The molecule has 0 atom stereocenters. The van der Waals surface area contributed by atoms with E-state index in [1.807, 2.05) is 13.0 Å². The van der Waals surface area contributed by atoms with E-state index in [0.29, 0.717) is 30.5 Å². The van der Waals surface area contributed by atoms with Crippen LogP contribution in [0.5, 0.6) is 11.8 Å². The Bertz CT molecular complexity index is 617. The van der Waals surface area contributed by atoms with E-state index >= 15 is 0 Å². The molecular weight excluding hydrogens is 270 g/mol. The van der Waals surface area contributed by atoms with E-state index in [1.165, 1.54) is 0 Å². The van der Waals surface area contributed by atoms with Gasteiger partial charge in [0.15, 0.2) is 0 Å². The number of aromatic nitrogens is 2. The molecule has 0 aromatic carbocycles. The molecule has 6 heteroatoms. The number of carbonyl (C=O) groups excluding carboxylic acids is 1. The standard InChI is InChI=1S/C15H17N3O3/c1-3-21-15-12(5-4-7-17-15)14(19)18-10-11-6-8-16-13(9-11)20-2/h4-9H,3,10H2,1-2H3,(H,18,19). The van der Waals surface area contributed by atoms with Crippen molar-refractivity contribution in [3.63, 3.8) is 0 Å². The minimum Gasteiger partial charge on any atom is -0.481 e. The van der Waals surface area contributed by atoms with Crippen LogP contribution in [0.1, 0.15) is 22.8 Å². The summed E-state index contributed by atoms with van der Waals surface area (Å²) in [5, 5.41) is 2.82. The third-order valence-electron chi connectivity index (χ3n) is 2.76. The molecule has 1 N–H and O–H groups in total. The first-order valence-electron chi connectivity index (χ1n) is 6.59. The van der Waals surface area contributed by atoms with Gasteiger partial charge in [-0.1, -0.05) is 0 Å². The summed E-state index contributed by atoms with van der Waals surface area (Å²) >= 11 is 0. The van der Waals surface area contributed by atoms with Crippen LogP contribution in [0.15, 0.2) is 36.7 Å². The van der Waals surface area contributed by atoms with E-state index < -0.39 is 0 Å². The minimum absolute atomic E-state index is 0.234. The molecule has 0 spiro atoms. The molecule has 21 heavy (non-hydrogen) atoms. The molecule has 0 aliphatic carbocycles. The summed E-state index contributed by atoms with van der Waals surface area (Å²) < 4.78 is 10.4. The molecule has 0 unspecified atom stereocenters. The maximum absolute atomic E-state index is 12.2. The number of pyridine rings is 2. The fourth-order valence-corrected chi connectivity index (χ4v) is 1.76. The smallest absolute Gasteiger partial charge is 0.257 e.